The van der Waals surface area contributed by atoms with Crippen molar-refractivity contribution in [3.8, 4) is 10.6 Å². The van der Waals surface area contributed by atoms with Crippen molar-refractivity contribution in [3.63, 3.8) is 0 Å². The fourth-order valence-corrected chi connectivity index (χ4v) is 4.83. The number of fused-ring (bicyclic) bond motifs is 1. The normalized spacial score (nSPS) is 10.8. The van der Waals surface area contributed by atoms with Crippen LogP contribution in [0.4, 0.5) is 11.4 Å². The van der Waals surface area contributed by atoms with E-state index in [1.165, 1.54) is 23.1 Å². The zero-order valence-electron chi connectivity index (χ0n) is 21.2. The van der Waals surface area contributed by atoms with E-state index in [4.69, 9.17) is 9.47 Å². The van der Waals surface area contributed by atoms with Crippen LogP contribution in [0.2, 0.25) is 0 Å². The first kappa shape index (κ1) is 25.8. The van der Waals surface area contributed by atoms with E-state index in [2.05, 4.69) is 15.4 Å². The minimum Gasteiger partial charge on any atom is -0.465 e. The number of pyridine rings is 1. The SMILES string of the molecule is CCn1nc(-c2cccs2)c(C(=O)OCc2ccc(C(=O)OC)cc2)c(Nc2cncc3ccccc23)c1=O. The van der Waals surface area contributed by atoms with Gasteiger partial charge in [0.25, 0.3) is 5.56 Å². The first-order chi connectivity index (χ1) is 19.0. The second-order valence-electron chi connectivity index (χ2n) is 8.49. The van der Waals surface area contributed by atoms with Crippen molar-refractivity contribution < 1.29 is 19.1 Å². The summed E-state index contributed by atoms with van der Waals surface area (Å²) in [7, 11) is 1.31. The fourth-order valence-electron chi connectivity index (χ4n) is 4.11. The van der Waals surface area contributed by atoms with Gasteiger partial charge in [0.05, 0.1) is 29.4 Å². The van der Waals surface area contributed by atoms with Crippen LogP contribution in [0.5, 0.6) is 0 Å². The third-order valence-corrected chi connectivity index (χ3v) is 6.96. The van der Waals surface area contributed by atoms with Crippen molar-refractivity contribution in [3.05, 3.63) is 105 Å². The van der Waals surface area contributed by atoms with Gasteiger partial charge in [0.1, 0.15) is 23.6 Å². The predicted octanol–water partition coefficient (Wildman–Crippen LogP) is 5.43. The Kier molecular flexibility index (Phi) is 7.46. The van der Waals surface area contributed by atoms with Gasteiger partial charge in [-0.2, -0.15) is 5.10 Å². The average Bonchev–Trinajstić information content (AvgIpc) is 3.52. The number of anilines is 2. The lowest BCUT2D eigenvalue weighted by Crippen LogP contribution is -2.29. The van der Waals surface area contributed by atoms with Crippen molar-refractivity contribution in [2.45, 2.75) is 20.1 Å². The number of carbonyl (C=O) groups excluding carboxylic acids is 2. The Morgan fingerprint density at radius 3 is 2.51 bits per heavy atom. The average molecular weight is 541 g/mol. The summed E-state index contributed by atoms with van der Waals surface area (Å²) in [5, 5.41) is 11.3. The van der Waals surface area contributed by atoms with Gasteiger partial charge >= 0.3 is 11.9 Å². The Labute approximate surface area is 227 Å². The van der Waals surface area contributed by atoms with E-state index in [-0.39, 0.29) is 17.9 Å². The standard InChI is InChI=1S/C29H24N4O5S/c1-3-33-27(34)26(31-22-16-30-15-20-7-4-5-8-21(20)22)24(25(32-33)23-9-6-14-39-23)29(36)38-17-18-10-12-19(13-11-18)28(35)37-2/h4-16,31H,3,17H2,1-2H3. The van der Waals surface area contributed by atoms with Crippen LogP contribution >= 0.6 is 11.3 Å². The molecule has 2 aromatic carbocycles. The molecule has 0 radical (unpaired) electrons. The molecular weight excluding hydrogens is 516 g/mol. The van der Waals surface area contributed by atoms with Crippen LogP contribution < -0.4 is 10.9 Å². The maximum absolute atomic E-state index is 13.6. The molecule has 0 bridgehead atoms. The molecule has 0 atom stereocenters. The fraction of sp³-hybridized carbons (Fsp3) is 0.138. The molecule has 3 aromatic heterocycles. The Morgan fingerprint density at radius 2 is 1.79 bits per heavy atom. The summed E-state index contributed by atoms with van der Waals surface area (Å²) in [6.45, 7) is 2.05. The van der Waals surface area contributed by atoms with E-state index in [9.17, 15) is 14.4 Å². The van der Waals surface area contributed by atoms with Crippen LogP contribution in [-0.4, -0.2) is 33.8 Å². The Bertz CT molecular complexity index is 1710. The van der Waals surface area contributed by atoms with Crippen LogP contribution in [0.1, 0.15) is 33.2 Å². The summed E-state index contributed by atoms with van der Waals surface area (Å²) in [6, 6.07) is 17.8. The molecule has 196 valence electrons. The lowest BCUT2D eigenvalue weighted by Gasteiger charge is -2.17. The zero-order valence-corrected chi connectivity index (χ0v) is 22.0. The van der Waals surface area contributed by atoms with Crippen molar-refractivity contribution in [2.24, 2.45) is 0 Å². The molecule has 0 unspecified atom stereocenters. The predicted molar refractivity (Wildman–Crippen MR) is 149 cm³/mol. The second-order valence-corrected chi connectivity index (χ2v) is 9.44. The van der Waals surface area contributed by atoms with Crippen molar-refractivity contribution in [2.75, 3.05) is 12.4 Å². The van der Waals surface area contributed by atoms with Gasteiger partial charge in [-0.05, 0) is 36.1 Å². The van der Waals surface area contributed by atoms with E-state index < -0.39 is 17.5 Å². The number of benzene rings is 2. The smallest absolute Gasteiger partial charge is 0.343 e. The summed E-state index contributed by atoms with van der Waals surface area (Å²) in [4.78, 5) is 43.9. The molecule has 5 rings (SSSR count). The summed E-state index contributed by atoms with van der Waals surface area (Å²) in [5.41, 5.74) is 1.59. The van der Waals surface area contributed by atoms with Crippen LogP contribution in [0, 0.1) is 0 Å². The Morgan fingerprint density at radius 1 is 1.00 bits per heavy atom. The third-order valence-electron chi connectivity index (χ3n) is 6.09. The van der Waals surface area contributed by atoms with Gasteiger partial charge in [0.15, 0.2) is 0 Å². The zero-order chi connectivity index (χ0) is 27.4. The number of nitrogens with one attached hydrogen (secondary N) is 1. The molecule has 0 amide bonds. The quantitative estimate of drug-likeness (QED) is 0.260. The van der Waals surface area contributed by atoms with Crippen molar-refractivity contribution >= 4 is 45.4 Å². The first-order valence-corrected chi connectivity index (χ1v) is 13.0. The lowest BCUT2D eigenvalue weighted by molar-refractivity contribution is 0.0472. The summed E-state index contributed by atoms with van der Waals surface area (Å²) >= 11 is 1.40. The molecule has 0 aliphatic rings. The number of rotatable bonds is 8. The van der Waals surface area contributed by atoms with Gasteiger partial charge in [0.2, 0.25) is 0 Å². The topological polar surface area (TPSA) is 112 Å². The van der Waals surface area contributed by atoms with E-state index >= 15 is 0 Å². The highest BCUT2D eigenvalue weighted by atomic mass is 32.1. The maximum atomic E-state index is 13.6. The Balaban J connectivity index is 1.57. The summed E-state index contributed by atoms with van der Waals surface area (Å²) < 4.78 is 11.7. The number of hydrogen-bond donors (Lipinski definition) is 1. The number of methoxy groups -OCH3 is 1. The highest BCUT2D eigenvalue weighted by Crippen LogP contribution is 2.32. The number of thiophene rings is 1. The van der Waals surface area contributed by atoms with Crippen LogP contribution in [0.15, 0.2) is 83.2 Å². The molecule has 0 saturated carbocycles. The summed E-state index contributed by atoms with van der Waals surface area (Å²) in [6.07, 6.45) is 3.34. The monoisotopic (exact) mass is 540 g/mol. The van der Waals surface area contributed by atoms with Gasteiger partial charge in [-0.15, -0.1) is 11.3 Å². The molecule has 5 aromatic rings. The number of hydrogen-bond acceptors (Lipinski definition) is 9. The lowest BCUT2D eigenvalue weighted by atomic mass is 10.1. The maximum Gasteiger partial charge on any atom is 0.343 e. The van der Waals surface area contributed by atoms with Crippen LogP contribution in [-0.2, 0) is 22.6 Å². The van der Waals surface area contributed by atoms with Crippen molar-refractivity contribution in [1.29, 1.82) is 0 Å². The Hall–Kier alpha value is -4.83. The number of aryl methyl sites for hydroxylation is 1. The van der Waals surface area contributed by atoms with Crippen LogP contribution in [0.25, 0.3) is 21.3 Å². The molecule has 0 fully saturated rings. The molecule has 0 spiro atoms. The number of esters is 2. The van der Waals surface area contributed by atoms with Gasteiger partial charge in [0, 0.05) is 23.5 Å². The molecule has 3 heterocycles. The van der Waals surface area contributed by atoms with Gasteiger partial charge in [-0.25, -0.2) is 14.3 Å². The molecule has 10 heteroatoms. The minimum absolute atomic E-state index is 0.0336. The van der Waals surface area contributed by atoms with Gasteiger partial charge < -0.3 is 14.8 Å². The molecule has 1 N–H and O–H groups in total. The van der Waals surface area contributed by atoms with Gasteiger partial charge in [-0.3, -0.25) is 9.78 Å². The second kappa shape index (κ2) is 11.3. The third kappa shape index (κ3) is 5.27. The number of carbonyl (C=O) groups is 2. The van der Waals surface area contributed by atoms with E-state index in [1.807, 2.05) is 48.7 Å². The highest BCUT2D eigenvalue weighted by Gasteiger charge is 2.26. The largest absolute Gasteiger partial charge is 0.465 e. The number of nitrogens with zero attached hydrogens (tertiary/aromatic N) is 3. The van der Waals surface area contributed by atoms with Gasteiger partial charge in [-0.1, -0.05) is 42.5 Å². The number of ether oxygens (including phenoxy) is 2. The molecule has 0 aliphatic carbocycles. The molecule has 9 nitrogen and oxygen atoms in total. The van der Waals surface area contributed by atoms with Crippen molar-refractivity contribution in [1.82, 2.24) is 14.8 Å². The highest BCUT2D eigenvalue weighted by molar-refractivity contribution is 7.13. The van der Waals surface area contributed by atoms with E-state index in [0.29, 0.717) is 33.9 Å². The number of aromatic nitrogens is 3. The van der Waals surface area contributed by atoms with Crippen LogP contribution in [0.3, 0.4) is 0 Å². The minimum atomic E-state index is -0.709. The summed E-state index contributed by atoms with van der Waals surface area (Å²) in [5.74, 6) is -1.17. The first-order valence-electron chi connectivity index (χ1n) is 12.1. The molecule has 0 aliphatic heterocycles. The molecule has 0 saturated heterocycles. The molecule has 39 heavy (non-hydrogen) atoms. The van der Waals surface area contributed by atoms with E-state index in [0.717, 1.165) is 10.8 Å². The molecular formula is C29H24N4O5S. The van der Waals surface area contributed by atoms with E-state index in [1.54, 1.807) is 36.7 Å².